The summed E-state index contributed by atoms with van der Waals surface area (Å²) in [5.74, 6) is 0.955. The average molecular weight is 383 g/mol. The lowest BCUT2D eigenvalue weighted by molar-refractivity contribution is 0.0676. The third-order valence-electron chi connectivity index (χ3n) is 5.84. The van der Waals surface area contributed by atoms with Crippen molar-refractivity contribution >= 4 is 5.91 Å². The maximum Gasteiger partial charge on any atom is 0.274 e. The molecule has 1 N–H and O–H groups in total. The molecule has 3 heterocycles. The highest BCUT2D eigenvalue weighted by Crippen LogP contribution is 2.39. The monoisotopic (exact) mass is 383 g/mol. The van der Waals surface area contributed by atoms with E-state index in [1.165, 1.54) is 12.8 Å². The van der Waals surface area contributed by atoms with E-state index in [0.717, 1.165) is 24.2 Å². The van der Waals surface area contributed by atoms with Crippen LogP contribution in [0.1, 0.15) is 74.2 Å². The van der Waals surface area contributed by atoms with E-state index in [9.17, 15) is 9.59 Å². The Bertz CT molecular complexity index is 911. The minimum Gasteiger partial charge on any atom is -0.337 e. The number of piperidine rings is 1. The Morgan fingerprint density at radius 3 is 2.50 bits per heavy atom. The minimum absolute atomic E-state index is 0.00237. The summed E-state index contributed by atoms with van der Waals surface area (Å²) in [6, 6.07) is 3.56. The zero-order valence-corrected chi connectivity index (χ0v) is 16.9. The molecule has 7 heteroatoms. The van der Waals surface area contributed by atoms with E-state index >= 15 is 0 Å². The lowest BCUT2D eigenvalue weighted by Gasteiger charge is -2.31. The number of rotatable bonds is 4. The molecule has 2 aromatic rings. The first-order valence-electron chi connectivity index (χ1n) is 10.2. The molecule has 2 fully saturated rings. The molecule has 0 bridgehead atoms. The van der Waals surface area contributed by atoms with Crippen molar-refractivity contribution in [3.05, 3.63) is 45.9 Å². The second-order valence-corrected chi connectivity index (χ2v) is 9.23. The topological polar surface area (TPSA) is 83.9 Å². The molecule has 0 spiro atoms. The Morgan fingerprint density at radius 1 is 1.18 bits per heavy atom. The highest BCUT2D eigenvalue weighted by atomic mass is 16.2. The largest absolute Gasteiger partial charge is 0.337 e. The van der Waals surface area contributed by atoms with Gasteiger partial charge in [0.15, 0.2) is 0 Å². The van der Waals surface area contributed by atoms with E-state index in [0.29, 0.717) is 37.2 Å². The smallest absolute Gasteiger partial charge is 0.274 e. The summed E-state index contributed by atoms with van der Waals surface area (Å²) in [5.41, 5.74) is 2.30. The SMILES string of the molecule is CC(C)(C)c1cc(=O)n(CC2CCN(C(=O)c3cc(C4CC4)[nH]n3)CC2)cn1. The van der Waals surface area contributed by atoms with E-state index in [4.69, 9.17) is 0 Å². The first kappa shape index (κ1) is 18.9. The van der Waals surface area contributed by atoms with Gasteiger partial charge in [-0.3, -0.25) is 19.3 Å². The Balaban J connectivity index is 1.34. The fraction of sp³-hybridized carbons (Fsp3) is 0.619. The van der Waals surface area contributed by atoms with Crippen LogP contribution in [0.15, 0.2) is 23.3 Å². The molecule has 0 aromatic carbocycles. The van der Waals surface area contributed by atoms with Crippen molar-refractivity contribution in [1.82, 2.24) is 24.6 Å². The molecule has 4 rings (SSSR count). The molecule has 1 aliphatic carbocycles. The van der Waals surface area contributed by atoms with Gasteiger partial charge in [0, 0.05) is 42.7 Å². The zero-order chi connectivity index (χ0) is 19.9. The average Bonchev–Trinajstić information content (AvgIpc) is 3.39. The van der Waals surface area contributed by atoms with Crippen LogP contribution in [-0.2, 0) is 12.0 Å². The second kappa shape index (κ2) is 7.18. The standard InChI is InChI=1S/C21H29N5O2/c1-21(2,3)18-11-19(27)26(13-22-18)12-14-6-8-25(9-7-14)20(28)17-10-16(23-24-17)15-4-5-15/h10-11,13-15H,4-9,12H2,1-3H3,(H,23,24). The highest BCUT2D eigenvalue weighted by Gasteiger charge is 2.29. The molecule has 0 atom stereocenters. The van der Waals surface area contributed by atoms with Gasteiger partial charge in [0.05, 0.1) is 12.0 Å². The van der Waals surface area contributed by atoms with Crippen LogP contribution in [0.4, 0.5) is 0 Å². The van der Waals surface area contributed by atoms with Crippen molar-refractivity contribution in [3.63, 3.8) is 0 Å². The van der Waals surface area contributed by atoms with Gasteiger partial charge >= 0.3 is 0 Å². The summed E-state index contributed by atoms with van der Waals surface area (Å²) >= 11 is 0. The number of likely N-dealkylation sites (tertiary alicyclic amines) is 1. The number of hydrogen-bond acceptors (Lipinski definition) is 4. The number of H-pyrrole nitrogens is 1. The van der Waals surface area contributed by atoms with Crippen LogP contribution >= 0.6 is 0 Å². The van der Waals surface area contributed by atoms with Crippen molar-refractivity contribution in [1.29, 1.82) is 0 Å². The quantitative estimate of drug-likeness (QED) is 0.880. The van der Waals surface area contributed by atoms with Gasteiger partial charge in [0.25, 0.3) is 11.5 Å². The summed E-state index contributed by atoms with van der Waals surface area (Å²) in [5, 5.41) is 7.22. The maximum absolute atomic E-state index is 12.7. The molecule has 0 unspecified atom stereocenters. The Hall–Kier alpha value is -2.44. The fourth-order valence-corrected chi connectivity index (χ4v) is 3.78. The Kier molecular flexibility index (Phi) is 4.85. The zero-order valence-electron chi connectivity index (χ0n) is 16.9. The first-order valence-corrected chi connectivity index (χ1v) is 10.2. The first-order chi connectivity index (χ1) is 13.3. The summed E-state index contributed by atoms with van der Waals surface area (Å²) in [6.07, 6.45) is 5.82. The number of hydrogen-bond donors (Lipinski definition) is 1. The van der Waals surface area contributed by atoms with Gasteiger partial charge in [0.2, 0.25) is 0 Å². The van der Waals surface area contributed by atoms with E-state index in [1.807, 2.05) is 11.0 Å². The molecule has 1 aliphatic heterocycles. The number of nitrogens with one attached hydrogen (secondary N) is 1. The van der Waals surface area contributed by atoms with Gasteiger partial charge in [-0.2, -0.15) is 5.10 Å². The number of amides is 1. The molecule has 1 saturated heterocycles. The Labute approximate surface area is 165 Å². The fourth-order valence-electron chi connectivity index (χ4n) is 3.78. The summed E-state index contributed by atoms with van der Waals surface area (Å²) in [6.45, 7) is 8.23. The predicted octanol–water partition coefficient (Wildman–Crippen LogP) is 2.69. The van der Waals surface area contributed by atoms with Crippen molar-refractivity contribution in [2.75, 3.05) is 13.1 Å². The molecular weight excluding hydrogens is 354 g/mol. The van der Waals surface area contributed by atoms with E-state index in [-0.39, 0.29) is 16.9 Å². The Morgan fingerprint density at radius 2 is 1.89 bits per heavy atom. The molecule has 28 heavy (non-hydrogen) atoms. The molecule has 7 nitrogen and oxygen atoms in total. The summed E-state index contributed by atoms with van der Waals surface area (Å²) < 4.78 is 1.70. The molecule has 1 amide bonds. The van der Waals surface area contributed by atoms with Crippen LogP contribution in [0.25, 0.3) is 0 Å². The van der Waals surface area contributed by atoms with Gasteiger partial charge < -0.3 is 4.90 Å². The lowest BCUT2D eigenvalue weighted by atomic mass is 9.92. The van der Waals surface area contributed by atoms with Crippen molar-refractivity contribution in [3.8, 4) is 0 Å². The summed E-state index contributed by atoms with van der Waals surface area (Å²) in [4.78, 5) is 31.5. The molecular formula is C21H29N5O2. The van der Waals surface area contributed by atoms with Gasteiger partial charge in [0.1, 0.15) is 5.69 Å². The predicted molar refractivity (Wildman–Crippen MR) is 106 cm³/mol. The maximum atomic E-state index is 12.7. The molecule has 1 saturated carbocycles. The minimum atomic E-state index is -0.129. The normalized spacial score (nSPS) is 18.5. The van der Waals surface area contributed by atoms with Crippen molar-refractivity contribution < 1.29 is 4.79 Å². The van der Waals surface area contributed by atoms with Gasteiger partial charge in [-0.1, -0.05) is 20.8 Å². The van der Waals surface area contributed by atoms with Crippen molar-refractivity contribution in [2.45, 2.75) is 64.3 Å². The number of nitrogens with zero attached hydrogens (tertiary/aromatic N) is 4. The van der Waals surface area contributed by atoms with Gasteiger partial charge in [-0.25, -0.2) is 4.98 Å². The lowest BCUT2D eigenvalue weighted by Crippen LogP contribution is -2.40. The third-order valence-corrected chi connectivity index (χ3v) is 5.84. The van der Waals surface area contributed by atoms with Crippen LogP contribution in [0.5, 0.6) is 0 Å². The molecule has 150 valence electrons. The number of aromatic nitrogens is 4. The number of aromatic amines is 1. The second-order valence-electron chi connectivity index (χ2n) is 9.23. The van der Waals surface area contributed by atoms with Crippen LogP contribution in [0, 0.1) is 5.92 Å². The van der Waals surface area contributed by atoms with Gasteiger partial charge in [-0.05, 0) is 37.7 Å². The van der Waals surface area contributed by atoms with E-state index in [1.54, 1.807) is 17.0 Å². The molecule has 2 aromatic heterocycles. The van der Waals surface area contributed by atoms with Crippen molar-refractivity contribution in [2.24, 2.45) is 5.92 Å². The van der Waals surface area contributed by atoms with Crippen LogP contribution in [-0.4, -0.2) is 43.6 Å². The highest BCUT2D eigenvalue weighted by molar-refractivity contribution is 5.92. The van der Waals surface area contributed by atoms with Gasteiger partial charge in [-0.15, -0.1) is 0 Å². The number of carbonyl (C=O) groups excluding carboxylic acids is 1. The van der Waals surface area contributed by atoms with E-state index in [2.05, 4.69) is 36.0 Å². The molecule has 2 aliphatic rings. The van der Waals surface area contributed by atoms with Crippen LogP contribution < -0.4 is 5.56 Å². The molecule has 0 radical (unpaired) electrons. The third kappa shape index (κ3) is 4.03. The van der Waals surface area contributed by atoms with Crippen LogP contribution in [0.2, 0.25) is 0 Å². The number of carbonyl (C=O) groups is 1. The van der Waals surface area contributed by atoms with E-state index < -0.39 is 0 Å². The summed E-state index contributed by atoms with van der Waals surface area (Å²) in [7, 11) is 0. The van der Waals surface area contributed by atoms with Crippen LogP contribution in [0.3, 0.4) is 0 Å².